The molecule has 0 aliphatic heterocycles. The van der Waals surface area contributed by atoms with Crippen LogP contribution in [-0.4, -0.2) is 31.1 Å². The van der Waals surface area contributed by atoms with Gasteiger partial charge in [-0.2, -0.15) is 14.0 Å². The number of hydrogen-bond donors (Lipinski definition) is 1. The van der Waals surface area contributed by atoms with Gasteiger partial charge in [-0.15, -0.1) is 0 Å². The molecule has 1 aromatic heterocycles. The number of benzene rings is 1. The number of carbonyl (C=O) groups excluding carboxylic acids is 1. The fourth-order valence-corrected chi connectivity index (χ4v) is 2.14. The summed E-state index contributed by atoms with van der Waals surface area (Å²) in [7, 11) is 1.57. The number of alkyl halides is 2. The molecule has 22 heavy (non-hydrogen) atoms. The Labute approximate surface area is 124 Å². The van der Waals surface area contributed by atoms with Gasteiger partial charge in [0.2, 0.25) is 5.91 Å². The molecule has 0 atom stereocenters. The zero-order chi connectivity index (χ0) is 16.3. The molecular weight excluding hydrogens is 294 g/mol. The maximum absolute atomic E-state index is 12.3. The number of likely N-dealkylation sites (N-methyl/N-ethyl adjacent to an activating group) is 1. The standard InChI is InChI=1S/C14H12F2N4O2/c1-20(7-12(18)21)13-8(5-17)6-19-11-3-2-9(4-10(11)13)22-14(15)16/h2-4,6,14H,7H2,1H3,(H2,18,21). The molecule has 0 radical (unpaired) electrons. The number of halogens is 2. The number of ether oxygens (including phenoxy) is 1. The smallest absolute Gasteiger partial charge is 0.387 e. The molecule has 114 valence electrons. The molecule has 8 heteroatoms. The molecule has 0 saturated heterocycles. The second-order valence-corrected chi connectivity index (χ2v) is 4.51. The number of primary amides is 1. The largest absolute Gasteiger partial charge is 0.435 e. The van der Waals surface area contributed by atoms with Crippen LogP contribution in [0.5, 0.6) is 5.75 Å². The number of rotatable bonds is 5. The summed E-state index contributed by atoms with van der Waals surface area (Å²) in [5.74, 6) is -0.649. The van der Waals surface area contributed by atoms with Gasteiger partial charge in [0, 0.05) is 18.6 Å². The van der Waals surface area contributed by atoms with Crippen molar-refractivity contribution in [3.63, 3.8) is 0 Å². The van der Waals surface area contributed by atoms with E-state index in [1.807, 2.05) is 6.07 Å². The maximum Gasteiger partial charge on any atom is 0.387 e. The number of aromatic nitrogens is 1. The third-order valence-corrected chi connectivity index (χ3v) is 2.93. The lowest BCUT2D eigenvalue weighted by atomic mass is 10.1. The summed E-state index contributed by atoms with van der Waals surface area (Å²) in [6, 6.07) is 6.15. The van der Waals surface area contributed by atoms with Crippen molar-refractivity contribution >= 4 is 22.5 Å². The molecule has 2 rings (SSSR count). The maximum atomic E-state index is 12.3. The lowest BCUT2D eigenvalue weighted by Gasteiger charge is -2.20. The summed E-state index contributed by atoms with van der Waals surface area (Å²) in [6.45, 7) is -3.09. The van der Waals surface area contributed by atoms with Crippen LogP contribution in [0, 0.1) is 11.3 Å². The highest BCUT2D eigenvalue weighted by molar-refractivity contribution is 5.96. The molecule has 0 aliphatic carbocycles. The Hall–Kier alpha value is -2.95. The normalized spacial score (nSPS) is 10.5. The molecule has 0 bridgehead atoms. The van der Waals surface area contributed by atoms with E-state index >= 15 is 0 Å². The Morgan fingerprint density at radius 2 is 2.27 bits per heavy atom. The van der Waals surface area contributed by atoms with Crippen LogP contribution in [0.25, 0.3) is 10.9 Å². The third kappa shape index (κ3) is 3.20. The van der Waals surface area contributed by atoms with Gasteiger partial charge < -0.3 is 15.4 Å². The van der Waals surface area contributed by atoms with Gasteiger partial charge in [0.15, 0.2) is 0 Å². The summed E-state index contributed by atoms with van der Waals surface area (Å²) in [4.78, 5) is 16.6. The van der Waals surface area contributed by atoms with Crippen molar-refractivity contribution in [2.45, 2.75) is 6.61 Å². The number of fused-ring (bicyclic) bond motifs is 1. The van der Waals surface area contributed by atoms with Gasteiger partial charge in [-0.25, -0.2) is 0 Å². The van der Waals surface area contributed by atoms with Crippen molar-refractivity contribution in [1.29, 1.82) is 5.26 Å². The second-order valence-electron chi connectivity index (χ2n) is 4.51. The van der Waals surface area contributed by atoms with Crippen LogP contribution in [0.3, 0.4) is 0 Å². The fraction of sp³-hybridized carbons (Fsp3) is 0.214. The van der Waals surface area contributed by atoms with Crippen LogP contribution in [0.2, 0.25) is 0 Å². The summed E-state index contributed by atoms with van der Waals surface area (Å²) in [5, 5.41) is 9.61. The molecule has 1 amide bonds. The number of nitrogens with zero attached hydrogens (tertiary/aromatic N) is 3. The number of amides is 1. The SMILES string of the molecule is CN(CC(N)=O)c1c(C#N)cnc2ccc(OC(F)F)cc12. The van der Waals surface area contributed by atoms with E-state index in [0.717, 1.165) is 0 Å². The van der Waals surface area contributed by atoms with Crippen LogP contribution < -0.4 is 15.4 Å². The van der Waals surface area contributed by atoms with Gasteiger partial charge in [-0.05, 0) is 18.2 Å². The highest BCUT2D eigenvalue weighted by atomic mass is 19.3. The number of carbonyl (C=O) groups is 1. The molecular formula is C14H12F2N4O2. The van der Waals surface area contributed by atoms with Crippen molar-refractivity contribution < 1.29 is 18.3 Å². The van der Waals surface area contributed by atoms with Crippen molar-refractivity contribution in [3.05, 3.63) is 30.0 Å². The molecule has 0 spiro atoms. The molecule has 0 saturated carbocycles. The Morgan fingerprint density at radius 3 is 2.86 bits per heavy atom. The number of anilines is 1. The monoisotopic (exact) mass is 306 g/mol. The Balaban J connectivity index is 2.62. The first kappa shape index (κ1) is 15.4. The summed E-state index contributed by atoms with van der Waals surface area (Å²) in [5.41, 5.74) is 6.22. The summed E-state index contributed by atoms with van der Waals surface area (Å²) < 4.78 is 29.0. The first-order chi connectivity index (χ1) is 10.4. The lowest BCUT2D eigenvalue weighted by molar-refractivity contribution is -0.116. The fourth-order valence-electron chi connectivity index (χ4n) is 2.14. The second kappa shape index (κ2) is 6.22. The number of hydrogen-bond acceptors (Lipinski definition) is 5. The highest BCUT2D eigenvalue weighted by Gasteiger charge is 2.16. The van der Waals surface area contributed by atoms with E-state index in [1.54, 1.807) is 7.05 Å². The minimum Gasteiger partial charge on any atom is -0.435 e. The van der Waals surface area contributed by atoms with Gasteiger partial charge >= 0.3 is 6.61 Å². The van der Waals surface area contributed by atoms with Crippen molar-refractivity contribution in [1.82, 2.24) is 4.98 Å². The molecule has 0 aliphatic rings. The molecule has 0 fully saturated rings. The van der Waals surface area contributed by atoms with E-state index < -0.39 is 12.5 Å². The van der Waals surface area contributed by atoms with Gasteiger partial charge in [0.1, 0.15) is 11.8 Å². The van der Waals surface area contributed by atoms with Crippen LogP contribution in [0.1, 0.15) is 5.56 Å². The van der Waals surface area contributed by atoms with Crippen LogP contribution in [-0.2, 0) is 4.79 Å². The van der Waals surface area contributed by atoms with Crippen molar-refractivity contribution in [2.75, 3.05) is 18.5 Å². The average Bonchev–Trinajstić information content (AvgIpc) is 2.44. The molecule has 0 unspecified atom stereocenters. The first-order valence-electron chi connectivity index (χ1n) is 6.19. The highest BCUT2D eigenvalue weighted by Crippen LogP contribution is 2.31. The quantitative estimate of drug-likeness (QED) is 0.906. The van der Waals surface area contributed by atoms with Crippen molar-refractivity contribution in [2.24, 2.45) is 5.73 Å². The molecule has 2 aromatic rings. The van der Waals surface area contributed by atoms with Gasteiger partial charge in [0.25, 0.3) is 0 Å². The van der Waals surface area contributed by atoms with E-state index in [2.05, 4.69) is 9.72 Å². The van der Waals surface area contributed by atoms with E-state index in [1.165, 1.54) is 29.3 Å². The third-order valence-electron chi connectivity index (χ3n) is 2.93. The molecule has 2 N–H and O–H groups in total. The first-order valence-corrected chi connectivity index (χ1v) is 6.19. The molecule has 1 heterocycles. The molecule has 1 aromatic carbocycles. The minimum atomic E-state index is -2.96. The van der Waals surface area contributed by atoms with Gasteiger partial charge in [-0.1, -0.05) is 0 Å². The lowest BCUT2D eigenvalue weighted by Crippen LogP contribution is -2.31. The van der Waals surface area contributed by atoms with E-state index in [9.17, 15) is 18.8 Å². The average molecular weight is 306 g/mol. The van der Waals surface area contributed by atoms with Crippen LogP contribution >= 0.6 is 0 Å². The van der Waals surface area contributed by atoms with E-state index in [0.29, 0.717) is 16.6 Å². The van der Waals surface area contributed by atoms with E-state index in [-0.39, 0.29) is 17.9 Å². The Bertz CT molecular complexity index is 758. The topological polar surface area (TPSA) is 92.2 Å². The van der Waals surface area contributed by atoms with Crippen LogP contribution in [0.4, 0.5) is 14.5 Å². The summed E-state index contributed by atoms with van der Waals surface area (Å²) in [6.07, 6.45) is 1.35. The van der Waals surface area contributed by atoms with Gasteiger partial charge in [-0.3, -0.25) is 9.78 Å². The Morgan fingerprint density at radius 1 is 1.55 bits per heavy atom. The van der Waals surface area contributed by atoms with E-state index in [4.69, 9.17) is 5.73 Å². The zero-order valence-electron chi connectivity index (χ0n) is 11.6. The predicted octanol–water partition coefficient (Wildman–Crippen LogP) is 1.63. The number of nitriles is 1. The molecule has 6 nitrogen and oxygen atoms in total. The van der Waals surface area contributed by atoms with Gasteiger partial charge in [0.05, 0.1) is 23.3 Å². The minimum absolute atomic E-state index is 0.0619. The van der Waals surface area contributed by atoms with Crippen molar-refractivity contribution in [3.8, 4) is 11.8 Å². The van der Waals surface area contributed by atoms with Crippen LogP contribution in [0.15, 0.2) is 24.4 Å². The number of pyridine rings is 1. The predicted molar refractivity (Wildman–Crippen MR) is 75.6 cm³/mol. The zero-order valence-corrected chi connectivity index (χ0v) is 11.6. The Kier molecular flexibility index (Phi) is 4.36. The number of nitrogens with two attached hydrogens (primary N) is 1. The summed E-state index contributed by atoms with van der Waals surface area (Å²) >= 11 is 0.